The number of H-pyrrole nitrogens is 1. The standard InChI is InChI=1S/C15H14ClN3O2S.C12H8ClN3.C3H7ClO2S/c1-10(2)22(20,21)19-9-12(11-5-3-4-6-14(11)19)13-7-8-17-15(16)18-13;13-12-14-6-5-11(16-12)9-7-15-10-4-2-1-3-8(9)10;1-3(2)7(4,5)6/h3-10H,1-2H3;1-7,15H;3H,1-2H3. The number of nitrogens with one attached hydrogen (secondary N) is 1. The first-order chi connectivity index (χ1) is 21.2. The number of para-hydroxylation sites is 2. The molecule has 0 radical (unpaired) electrons. The third-order valence-corrected chi connectivity index (χ3v) is 11.1. The summed E-state index contributed by atoms with van der Waals surface area (Å²) >= 11 is 11.6. The molecule has 10 nitrogen and oxygen atoms in total. The predicted molar refractivity (Wildman–Crippen MR) is 182 cm³/mol. The number of fused-ring (bicyclic) bond motifs is 2. The summed E-state index contributed by atoms with van der Waals surface area (Å²) in [5.41, 5.74) is 4.89. The summed E-state index contributed by atoms with van der Waals surface area (Å²) in [5, 5.41) is 1.35. The highest BCUT2D eigenvalue weighted by Gasteiger charge is 2.23. The Bertz CT molecular complexity index is 2170. The molecule has 0 saturated carbocycles. The lowest BCUT2D eigenvalue weighted by Gasteiger charge is -2.09. The summed E-state index contributed by atoms with van der Waals surface area (Å²) in [6.45, 7) is 6.38. The summed E-state index contributed by atoms with van der Waals surface area (Å²) in [5.74, 6) is 0. The van der Waals surface area contributed by atoms with Crippen molar-refractivity contribution in [3.8, 4) is 22.5 Å². The summed E-state index contributed by atoms with van der Waals surface area (Å²) in [4.78, 5) is 19.3. The van der Waals surface area contributed by atoms with Gasteiger partial charge in [0.25, 0.3) is 0 Å². The topological polar surface area (TPSA) is 141 Å². The van der Waals surface area contributed by atoms with Gasteiger partial charge in [-0.1, -0.05) is 36.4 Å². The second-order valence-corrected chi connectivity index (χ2v) is 16.4. The van der Waals surface area contributed by atoms with Gasteiger partial charge in [-0.05, 0) is 75.2 Å². The highest BCUT2D eigenvalue weighted by atomic mass is 35.7. The van der Waals surface area contributed by atoms with Crippen LogP contribution in [0, 0.1) is 0 Å². The highest BCUT2D eigenvalue weighted by Crippen LogP contribution is 2.31. The van der Waals surface area contributed by atoms with E-state index in [0.29, 0.717) is 16.8 Å². The molecule has 1 N–H and O–H groups in total. The number of halogens is 3. The maximum Gasteiger partial charge on any atom is 0.241 e. The predicted octanol–water partition coefficient (Wildman–Crippen LogP) is 7.58. The first-order valence-corrected chi connectivity index (χ1v) is 18.1. The van der Waals surface area contributed by atoms with Crippen LogP contribution in [-0.4, -0.2) is 56.2 Å². The number of aromatic nitrogens is 6. The molecule has 0 spiro atoms. The largest absolute Gasteiger partial charge is 0.360 e. The van der Waals surface area contributed by atoms with E-state index < -0.39 is 29.6 Å². The van der Waals surface area contributed by atoms with Gasteiger partial charge in [0.05, 0.1) is 27.4 Å². The van der Waals surface area contributed by atoms with Crippen LogP contribution in [0.4, 0.5) is 0 Å². The molecule has 0 fully saturated rings. The molecule has 0 aliphatic rings. The van der Waals surface area contributed by atoms with Crippen molar-refractivity contribution < 1.29 is 16.8 Å². The molecular formula is C30H29Cl3N6O4S2. The highest BCUT2D eigenvalue weighted by molar-refractivity contribution is 8.14. The van der Waals surface area contributed by atoms with Gasteiger partial charge in [-0.15, -0.1) is 0 Å². The zero-order valence-corrected chi connectivity index (χ0v) is 28.5. The Kier molecular flexibility index (Phi) is 10.9. The van der Waals surface area contributed by atoms with E-state index in [1.54, 1.807) is 44.6 Å². The number of nitrogens with zero attached hydrogens (tertiary/aromatic N) is 5. The minimum atomic E-state index is -3.46. The maximum atomic E-state index is 12.6. The van der Waals surface area contributed by atoms with E-state index in [9.17, 15) is 16.8 Å². The zero-order chi connectivity index (χ0) is 32.9. The molecule has 0 atom stereocenters. The number of aromatic amines is 1. The number of hydrogen-bond donors (Lipinski definition) is 1. The van der Waals surface area contributed by atoms with Crippen LogP contribution in [0.15, 0.2) is 85.5 Å². The molecule has 45 heavy (non-hydrogen) atoms. The first-order valence-electron chi connectivity index (χ1n) is 13.5. The van der Waals surface area contributed by atoms with E-state index in [0.717, 1.165) is 27.5 Å². The SMILES string of the molecule is CC(C)S(=O)(=O)Cl.CC(C)S(=O)(=O)n1cc(-c2ccnc(Cl)n2)c2ccccc21.Clc1nccc(-c2c[nH]c3ccccc23)n1. The van der Waals surface area contributed by atoms with Crippen molar-refractivity contribution in [1.82, 2.24) is 28.9 Å². The minimum absolute atomic E-state index is 0.126. The average Bonchev–Trinajstić information content (AvgIpc) is 3.60. The van der Waals surface area contributed by atoms with Gasteiger partial charge in [-0.2, -0.15) is 0 Å². The number of rotatable bonds is 5. The monoisotopic (exact) mass is 706 g/mol. The van der Waals surface area contributed by atoms with Gasteiger partial charge in [0.2, 0.25) is 29.6 Å². The minimum Gasteiger partial charge on any atom is -0.360 e. The molecule has 0 amide bonds. The summed E-state index contributed by atoms with van der Waals surface area (Å²) in [6.07, 6.45) is 6.74. The van der Waals surface area contributed by atoms with Gasteiger partial charge >= 0.3 is 0 Å². The first kappa shape index (κ1) is 34.3. The van der Waals surface area contributed by atoms with Gasteiger partial charge in [0.15, 0.2) is 0 Å². The van der Waals surface area contributed by atoms with Crippen LogP contribution in [0.1, 0.15) is 27.7 Å². The lowest BCUT2D eigenvalue weighted by Crippen LogP contribution is -2.21. The van der Waals surface area contributed by atoms with Crippen LogP contribution >= 0.6 is 33.9 Å². The summed E-state index contributed by atoms with van der Waals surface area (Å²) in [6, 6.07) is 19.0. The van der Waals surface area contributed by atoms with Crippen LogP contribution < -0.4 is 0 Å². The summed E-state index contributed by atoms with van der Waals surface area (Å²) < 4.78 is 46.6. The van der Waals surface area contributed by atoms with Crippen molar-refractivity contribution in [2.24, 2.45) is 0 Å². The molecule has 0 bridgehead atoms. The van der Waals surface area contributed by atoms with Crippen molar-refractivity contribution in [3.05, 3.63) is 96.0 Å². The molecule has 6 aromatic rings. The van der Waals surface area contributed by atoms with Gasteiger partial charge in [0.1, 0.15) is 0 Å². The molecule has 236 valence electrons. The fraction of sp³-hybridized carbons (Fsp3) is 0.200. The second kappa shape index (κ2) is 14.3. The molecule has 4 heterocycles. The fourth-order valence-electron chi connectivity index (χ4n) is 4.04. The smallest absolute Gasteiger partial charge is 0.241 e. The van der Waals surface area contributed by atoms with Gasteiger partial charge < -0.3 is 4.98 Å². The van der Waals surface area contributed by atoms with Gasteiger partial charge in [0, 0.05) is 62.9 Å². The molecule has 0 saturated heterocycles. The van der Waals surface area contributed by atoms with Crippen LogP contribution in [-0.2, 0) is 19.1 Å². The fourth-order valence-corrected chi connectivity index (χ4v) is 5.48. The van der Waals surface area contributed by atoms with Crippen molar-refractivity contribution in [3.63, 3.8) is 0 Å². The normalized spacial score (nSPS) is 11.8. The van der Waals surface area contributed by atoms with Crippen molar-refractivity contribution in [1.29, 1.82) is 0 Å². The molecule has 15 heteroatoms. The summed E-state index contributed by atoms with van der Waals surface area (Å²) in [7, 11) is -1.89. The van der Waals surface area contributed by atoms with Gasteiger partial charge in [-0.3, -0.25) is 0 Å². The molecule has 6 rings (SSSR count). The van der Waals surface area contributed by atoms with Crippen LogP contribution in [0.5, 0.6) is 0 Å². The quantitative estimate of drug-likeness (QED) is 0.143. The Morgan fingerprint density at radius 3 is 1.76 bits per heavy atom. The molecule has 2 aromatic carbocycles. The number of benzene rings is 2. The Balaban J connectivity index is 0.000000175. The number of hydrogen-bond acceptors (Lipinski definition) is 8. The van der Waals surface area contributed by atoms with E-state index in [2.05, 4.69) is 31.0 Å². The van der Waals surface area contributed by atoms with Crippen LogP contribution in [0.3, 0.4) is 0 Å². The molecule has 0 aliphatic heterocycles. The van der Waals surface area contributed by atoms with Crippen molar-refractivity contribution in [2.45, 2.75) is 38.2 Å². The third kappa shape index (κ3) is 8.19. The van der Waals surface area contributed by atoms with E-state index in [4.69, 9.17) is 33.9 Å². The van der Waals surface area contributed by atoms with Crippen molar-refractivity contribution >= 4 is 74.8 Å². The van der Waals surface area contributed by atoms with Gasteiger partial charge in [-0.25, -0.2) is 40.7 Å². The Hall–Kier alpha value is -3.55. The Morgan fingerprint density at radius 2 is 1.22 bits per heavy atom. The van der Waals surface area contributed by atoms with Crippen LogP contribution in [0.2, 0.25) is 10.6 Å². The lowest BCUT2D eigenvalue weighted by atomic mass is 10.1. The van der Waals surface area contributed by atoms with Crippen LogP contribution in [0.25, 0.3) is 44.3 Å². The average molecular weight is 708 g/mol. The Morgan fingerprint density at radius 1 is 0.711 bits per heavy atom. The molecule has 4 aromatic heterocycles. The van der Waals surface area contributed by atoms with Crippen molar-refractivity contribution in [2.75, 3.05) is 0 Å². The van der Waals surface area contributed by atoms with E-state index in [1.807, 2.05) is 48.7 Å². The lowest BCUT2D eigenvalue weighted by molar-refractivity contribution is 0.580. The molecule has 0 unspecified atom stereocenters. The second-order valence-electron chi connectivity index (χ2n) is 10.1. The molecular weight excluding hydrogens is 679 g/mol. The van der Waals surface area contributed by atoms with E-state index in [1.165, 1.54) is 17.8 Å². The van der Waals surface area contributed by atoms with E-state index in [-0.39, 0.29) is 10.6 Å². The Labute approximate surface area is 275 Å². The van der Waals surface area contributed by atoms with E-state index >= 15 is 0 Å². The molecule has 0 aliphatic carbocycles. The maximum absolute atomic E-state index is 12.6. The zero-order valence-electron chi connectivity index (χ0n) is 24.6. The third-order valence-electron chi connectivity index (χ3n) is 6.50.